The zero-order chi connectivity index (χ0) is 15.6. The Balaban J connectivity index is 1.87. The minimum atomic E-state index is -3.86. The SMILES string of the molecule is O=S(=O)(c1ccccc1F)N1CCOC(c2ccccc2)C1. The van der Waals surface area contributed by atoms with E-state index in [2.05, 4.69) is 0 Å². The first kappa shape index (κ1) is 15.1. The number of sulfonamides is 1. The molecule has 0 saturated carbocycles. The zero-order valence-corrected chi connectivity index (χ0v) is 12.7. The molecule has 1 heterocycles. The Morgan fingerprint density at radius 3 is 2.45 bits per heavy atom. The summed E-state index contributed by atoms with van der Waals surface area (Å²) in [6.45, 7) is 0.688. The van der Waals surface area contributed by atoms with Gasteiger partial charge in [-0.3, -0.25) is 0 Å². The second kappa shape index (κ2) is 6.16. The van der Waals surface area contributed by atoms with Crippen LogP contribution in [0.15, 0.2) is 59.5 Å². The van der Waals surface area contributed by atoms with Gasteiger partial charge in [-0.05, 0) is 17.7 Å². The number of ether oxygens (including phenoxy) is 1. The van der Waals surface area contributed by atoms with Gasteiger partial charge in [-0.15, -0.1) is 0 Å². The molecule has 1 aliphatic heterocycles. The second-order valence-corrected chi connectivity index (χ2v) is 6.97. The van der Waals surface area contributed by atoms with Crippen molar-refractivity contribution in [2.45, 2.75) is 11.0 Å². The quantitative estimate of drug-likeness (QED) is 0.873. The summed E-state index contributed by atoms with van der Waals surface area (Å²) in [5.74, 6) is -0.731. The van der Waals surface area contributed by atoms with Gasteiger partial charge < -0.3 is 4.74 Å². The van der Waals surface area contributed by atoms with Crippen molar-refractivity contribution in [3.63, 3.8) is 0 Å². The fourth-order valence-corrected chi connectivity index (χ4v) is 4.00. The molecule has 0 aliphatic carbocycles. The predicted molar refractivity (Wildman–Crippen MR) is 80.3 cm³/mol. The summed E-state index contributed by atoms with van der Waals surface area (Å²) in [7, 11) is -3.86. The molecule has 22 heavy (non-hydrogen) atoms. The molecule has 1 fully saturated rings. The molecule has 2 aromatic carbocycles. The Bertz CT molecular complexity index is 749. The third-order valence-corrected chi connectivity index (χ3v) is 5.55. The maximum atomic E-state index is 13.8. The molecular weight excluding hydrogens is 305 g/mol. The first-order chi connectivity index (χ1) is 10.6. The average molecular weight is 321 g/mol. The molecule has 0 N–H and O–H groups in total. The van der Waals surface area contributed by atoms with Gasteiger partial charge in [0.15, 0.2) is 0 Å². The van der Waals surface area contributed by atoms with E-state index >= 15 is 0 Å². The molecule has 2 aromatic rings. The van der Waals surface area contributed by atoms with Crippen LogP contribution in [-0.4, -0.2) is 32.4 Å². The van der Waals surface area contributed by atoms with E-state index in [-0.39, 0.29) is 30.7 Å². The van der Waals surface area contributed by atoms with Gasteiger partial charge in [-0.2, -0.15) is 4.31 Å². The Morgan fingerprint density at radius 2 is 1.73 bits per heavy atom. The number of benzene rings is 2. The Kier molecular flexibility index (Phi) is 4.24. The maximum absolute atomic E-state index is 13.8. The number of halogens is 1. The van der Waals surface area contributed by atoms with Crippen molar-refractivity contribution in [2.75, 3.05) is 19.7 Å². The van der Waals surface area contributed by atoms with E-state index in [1.807, 2.05) is 30.3 Å². The van der Waals surface area contributed by atoms with Crippen molar-refractivity contribution in [3.8, 4) is 0 Å². The van der Waals surface area contributed by atoms with Crippen LogP contribution in [0.5, 0.6) is 0 Å². The molecule has 4 nitrogen and oxygen atoms in total. The maximum Gasteiger partial charge on any atom is 0.246 e. The number of hydrogen-bond donors (Lipinski definition) is 0. The van der Waals surface area contributed by atoms with Crippen LogP contribution < -0.4 is 0 Å². The lowest BCUT2D eigenvalue weighted by Crippen LogP contribution is -2.42. The standard InChI is InChI=1S/C16H16FNO3S/c17-14-8-4-5-9-16(14)22(19,20)18-10-11-21-15(12-18)13-6-2-1-3-7-13/h1-9,15H,10-12H2. The Labute approximate surface area is 129 Å². The van der Waals surface area contributed by atoms with Crippen LogP contribution in [0.2, 0.25) is 0 Å². The van der Waals surface area contributed by atoms with Gasteiger partial charge in [-0.25, -0.2) is 12.8 Å². The van der Waals surface area contributed by atoms with E-state index in [4.69, 9.17) is 4.74 Å². The van der Waals surface area contributed by atoms with Crippen molar-refractivity contribution < 1.29 is 17.5 Å². The number of rotatable bonds is 3. The van der Waals surface area contributed by atoms with Crippen LogP contribution in [0, 0.1) is 5.82 Å². The number of nitrogens with zero attached hydrogens (tertiary/aromatic N) is 1. The van der Waals surface area contributed by atoms with Crippen LogP contribution in [0.3, 0.4) is 0 Å². The molecule has 1 unspecified atom stereocenters. The van der Waals surface area contributed by atoms with Crippen LogP contribution >= 0.6 is 0 Å². The van der Waals surface area contributed by atoms with Gasteiger partial charge >= 0.3 is 0 Å². The predicted octanol–water partition coefficient (Wildman–Crippen LogP) is 2.59. The van der Waals surface area contributed by atoms with E-state index in [1.54, 1.807) is 0 Å². The third kappa shape index (κ3) is 2.90. The smallest absolute Gasteiger partial charge is 0.246 e. The molecule has 0 amide bonds. The second-order valence-electron chi connectivity index (χ2n) is 5.06. The minimum Gasteiger partial charge on any atom is -0.371 e. The van der Waals surface area contributed by atoms with E-state index in [0.29, 0.717) is 0 Å². The highest BCUT2D eigenvalue weighted by Gasteiger charge is 2.32. The van der Waals surface area contributed by atoms with Crippen molar-refractivity contribution in [2.24, 2.45) is 0 Å². The van der Waals surface area contributed by atoms with Crippen molar-refractivity contribution >= 4 is 10.0 Å². The summed E-state index contributed by atoms with van der Waals surface area (Å²) >= 11 is 0. The summed E-state index contributed by atoms with van der Waals surface area (Å²) in [4.78, 5) is -0.288. The molecule has 1 aliphatic rings. The Morgan fingerprint density at radius 1 is 1.05 bits per heavy atom. The fourth-order valence-electron chi connectivity index (χ4n) is 2.51. The fraction of sp³-hybridized carbons (Fsp3) is 0.250. The van der Waals surface area contributed by atoms with Crippen molar-refractivity contribution in [1.29, 1.82) is 0 Å². The highest BCUT2D eigenvalue weighted by atomic mass is 32.2. The van der Waals surface area contributed by atoms with Crippen molar-refractivity contribution in [1.82, 2.24) is 4.31 Å². The van der Waals surface area contributed by atoms with Gasteiger partial charge in [0.25, 0.3) is 0 Å². The molecule has 0 radical (unpaired) electrons. The lowest BCUT2D eigenvalue weighted by Gasteiger charge is -2.32. The molecule has 0 bridgehead atoms. The first-order valence-corrected chi connectivity index (χ1v) is 8.44. The van der Waals surface area contributed by atoms with Gasteiger partial charge in [0.1, 0.15) is 10.7 Å². The molecule has 0 aromatic heterocycles. The summed E-state index contributed by atoms with van der Waals surface area (Å²) < 4.78 is 46.0. The summed E-state index contributed by atoms with van der Waals surface area (Å²) in [6, 6.07) is 14.9. The van der Waals surface area contributed by atoms with Crippen molar-refractivity contribution in [3.05, 3.63) is 66.0 Å². The van der Waals surface area contributed by atoms with Crippen LogP contribution in [0.1, 0.15) is 11.7 Å². The minimum absolute atomic E-state index is 0.181. The Hall–Kier alpha value is -1.76. The highest BCUT2D eigenvalue weighted by molar-refractivity contribution is 7.89. The number of hydrogen-bond acceptors (Lipinski definition) is 3. The van der Waals surface area contributed by atoms with Gasteiger partial charge in [-0.1, -0.05) is 42.5 Å². The molecular formula is C16H16FNO3S. The molecule has 116 valence electrons. The average Bonchev–Trinajstić information content (AvgIpc) is 2.56. The number of morpholine rings is 1. The molecule has 0 spiro atoms. The van der Waals surface area contributed by atoms with E-state index in [9.17, 15) is 12.8 Å². The topological polar surface area (TPSA) is 46.6 Å². The van der Waals surface area contributed by atoms with Crippen LogP contribution in [-0.2, 0) is 14.8 Å². The van der Waals surface area contributed by atoms with Gasteiger partial charge in [0, 0.05) is 13.1 Å². The van der Waals surface area contributed by atoms with E-state index in [0.717, 1.165) is 11.6 Å². The summed E-state index contributed by atoms with van der Waals surface area (Å²) in [5.41, 5.74) is 0.913. The monoisotopic (exact) mass is 321 g/mol. The van der Waals surface area contributed by atoms with Crippen LogP contribution in [0.25, 0.3) is 0 Å². The van der Waals surface area contributed by atoms with E-state index < -0.39 is 15.8 Å². The molecule has 1 saturated heterocycles. The largest absolute Gasteiger partial charge is 0.371 e. The van der Waals surface area contributed by atoms with Crippen LogP contribution in [0.4, 0.5) is 4.39 Å². The molecule has 3 rings (SSSR count). The lowest BCUT2D eigenvalue weighted by atomic mass is 10.1. The zero-order valence-electron chi connectivity index (χ0n) is 11.9. The van der Waals surface area contributed by atoms with Gasteiger partial charge in [0.2, 0.25) is 10.0 Å². The molecule has 1 atom stereocenters. The molecule has 6 heteroatoms. The summed E-state index contributed by atoms with van der Waals surface area (Å²) in [5, 5.41) is 0. The lowest BCUT2D eigenvalue weighted by molar-refractivity contribution is -0.00261. The highest BCUT2D eigenvalue weighted by Crippen LogP contribution is 2.27. The summed E-state index contributed by atoms with van der Waals surface area (Å²) in [6.07, 6.45) is -0.337. The third-order valence-electron chi connectivity index (χ3n) is 3.66. The first-order valence-electron chi connectivity index (χ1n) is 7.00. The van der Waals surface area contributed by atoms with Gasteiger partial charge in [0.05, 0.1) is 12.7 Å². The normalized spacial score (nSPS) is 20.0. The van der Waals surface area contributed by atoms with E-state index in [1.165, 1.54) is 22.5 Å².